The number of rotatable bonds is 2. The first-order valence-corrected chi connectivity index (χ1v) is 9.29. The van der Waals surface area contributed by atoms with Crippen molar-refractivity contribution >= 4 is 11.8 Å². The van der Waals surface area contributed by atoms with Gasteiger partial charge in [0.15, 0.2) is 5.67 Å². The second kappa shape index (κ2) is 5.45. The lowest BCUT2D eigenvalue weighted by Gasteiger charge is -2.40. The van der Waals surface area contributed by atoms with E-state index in [9.17, 15) is 14.0 Å². The van der Waals surface area contributed by atoms with Crippen molar-refractivity contribution in [3.63, 3.8) is 0 Å². The van der Waals surface area contributed by atoms with Crippen molar-refractivity contribution in [2.24, 2.45) is 11.3 Å². The molecule has 4 rings (SSSR count). The third-order valence-corrected chi connectivity index (χ3v) is 6.65. The van der Waals surface area contributed by atoms with Gasteiger partial charge in [-0.3, -0.25) is 9.59 Å². The molecule has 1 unspecified atom stereocenters. The van der Waals surface area contributed by atoms with Crippen molar-refractivity contribution < 1.29 is 14.0 Å². The Bertz CT molecular complexity index is 503. The van der Waals surface area contributed by atoms with Crippen LogP contribution in [0, 0.1) is 11.3 Å². The Morgan fingerprint density at radius 1 is 0.870 bits per heavy atom. The number of nitrogens with zero attached hydrogens (tertiary/aromatic N) is 2. The highest BCUT2D eigenvalue weighted by atomic mass is 19.1. The molecule has 2 aliphatic heterocycles. The first kappa shape index (κ1) is 15.4. The van der Waals surface area contributed by atoms with Gasteiger partial charge in [0, 0.05) is 32.1 Å². The van der Waals surface area contributed by atoms with Crippen LogP contribution in [0.25, 0.3) is 0 Å². The van der Waals surface area contributed by atoms with E-state index in [-0.39, 0.29) is 17.2 Å². The lowest BCUT2D eigenvalue weighted by molar-refractivity contribution is -0.141. The summed E-state index contributed by atoms with van der Waals surface area (Å²) in [6.45, 7) is 3.22. The molecule has 0 aromatic rings. The monoisotopic (exact) mass is 322 g/mol. The van der Waals surface area contributed by atoms with Crippen LogP contribution in [0.15, 0.2) is 0 Å². The maximum atomic E-state index is 13.9. The van der Waals surface area contributed by atoms with Crippen molar-refractivity contribution in [2.75, 3.05) is 26.2 Å². The van der Waals surface area contributed by atoms with Crippen molar-refractivity contribution in [3.8, 4) is 0 Å². The molecular weight excluding hydrogens is 295 g/mol. The molecule has 128 valence electrons. The van der Waals surface area contributed by atoms with E-state index in [4.69, 9.17) is 0 Å². The average molecular weight is 322 g/mol. The number of alkyl halides is 1. The van der Waals surface area contributed by atoms with Gasteiger partial charge >= 0.3 is 0 Å². The smallest absolute Gasteiger partial charge is 0.260 e. The first-order chi connectivity index (χ1) is 11.0. The Hall–Kier alpha value is -1.13. The molecule has 0 bridgehead atoms. The predicted octanol–water partition coefficient (Wildman–Crippen LogP) is 2.52. The molecule has 1 atom stereocenters. The van der Waals surface area contributed by atoms with E-state index in [0.717, 1.165) is 58.0 Å². The first-order valence-electron chi connectivity index (χ1n) is 9.29. The zero-order valence-corrected chi connectivity index (χ0v) is 13.9. The number of halogens is 1. The van der Waals surface area contributed by atoms with Crippen LogP contribution in [0.4, 0.5) is 4.39 Å². The molecule has 2 heterocycles. The highest BCUT2D eigenvalue weighted by Gasteiger charge is 2.54. The van der Waals surface area contributed by atoms with E-state index < -0.39 is 5.67 Å². The fourth-order valence-corrected chi connectivity index (χ4v) is 4.86. The molecular formula is C18H27FN2O2. The number of hydrogen-bond donors (Lipinski definition) is 0. The fraction of sp³-hybridized carbons (Fsp3) is 0.889. The van der Waals surface area contributed by atoms with Gasteiger partial charge in [0.05, 0.1) is 0 Å². The van der Waals surface area contributed by atoms with Gasteiger partial charge in [0.25, 0.3) is 5.91 Å². The van der Waals surface area contributed by atoms with E-state index >= 15 is 0 Å². The molecule has 1 spiro atoms. The summed E-state index contributed by atoms with van der Waals surface area (Å²) in [5.41, 5.74) is -1.31. The minimum absolute atomic E-state index is 0.186. The maximum Gasteiger partial charge on any atom is 0.260 e. The highest BCUT2D eigenvalue weighted by molar-refractivity contribution is 5.88. The normalized spacial score (nSPS) is 31.6. The Kier molecular flexibility index (Phi) is 3.65. The molecule has 0 aromatic heterocycles. The largest absolute Gasteiger partial charge is 0.342 e. The highest BCUT2D eigenvalue weighted by Crippen LogP contribution is 2.50. The summed E-state index contributed by atoms with van der Waals surface area (Å²) in [7, 11) is 0. The number of likely N-dealkylation sites (tertiary alicyclic amines) is 2. The molecule has 4 nitrogen and oxygen atoms in total. The van der Waals surface area contributed by atoms with Crippen LogP contribution in [0.3, 0.4) is 0 Å². The van der Waals surface area contributed by atoms with Crippen LogP contribution in [-0.4, -0.2) is 53.5 Å². The van der Waals surface area contributed by atoms with Crippen molar-refractivity contribution in [1.82, 2.24) is 9.80 Å². The second-order valence-corrected chi connectivity index (χ2v) is 8.23. The predicted molar refractivity (Wildman–Crippen MR) is 84.5 cm³/mol. The number of piperidine rings is 1. The third kappa shape index (κ3) is 2.76. The Balaban J connectivity index is 1.33. The zero-order chi connectivity index (χ0) is 16.1. The summed E-state index contributed by atoms with van der Waals surface area (Å²) in [5, 5.41) is 0. The van der Waals surface area contributed by atoms with Gasteiger partial charge in [0.1, 0.15) is 0 Å². The summed E-state index contributed by atoms with van der Waals surface area (Å²) in [6, 6.07) is 0. The number of hydrogen-bond acceptors (Lipinski definition) is 2. The lowest BCUT2D eigenvalue weighted by Crippen LogP contribution is -2.46. The summed E-state index contributed by atoms with van der Waals surface area (Å²) >= 11 is 0. The van der Waals surface area contributed by atoms with Gasteiger partial charge in [-0.25, -0.2) is 4.39 Å². The van der Waals surface area contributed by atoms with Gasteiger partial charge in [-0.1, -0.05) is 0 Å². The van der Waals surface area contributed by atoms with Gasteiger partial charge in [-0.2, -0.15) is 0 Å². The van der Waals surface area contributed by atoms with Crippen LogP contribution in [0.2, 0.25) is 0 Å². The molecule has 2 saturated heterocycles. The Labute approximate surface area is 137 Å². The lowest BCUT2D eigenvalue weighted by atomic mass is 9.76. The number of amides is 2. The summed E-state index contributed by atoms with van der Waals surface area (Å²) in [4.78, 5) is 28.5. The van der Waals surface area contributed by atoms with E-state index in [1.807, 2.05) is 4.90 Å². The summed E-state index contributed by atoms with van der Waals surface area (Å²) in [5.74, 6) is 0.264. The van der Waals surface area contributed by atoms with Gasteiger partial charge in [0.2, 0.25) is 5.91 Å². The minimum Gasteiger partial charge on any atom is -0.342 e. The maximum absolute atomic E-state index is 13.9. The van der Waals surface area contributed by atoms with Crippen LogP contribution in [0.1, 0.15) is 57.8 Å². The van der Waals surface area contributed by atoms with Gasteiger partial charge in [-0.15, -0.1) is 0 Å². The summed E-state index contributed by atoms with van der Waals surface area (Å²) in [6.07, 6.45) is 8.05. The van der Waals surface area contributed by atoms with Crippen molar-refractivity contribution in [3.05, 3.63) is 0 Å². The van der Waals surface area contributed by atoms with Crippen LogP contribution in [-0.2, 0) is 9.59 Å². The van der Waals surface area contributed by atoms with Gasteiger partial charge in [-0.05, 0) is 63.2 Å². The minimum atomic E-state index is -1.53. The standard InChI is InChI=1S/C18H27FN2O2/c19-18(5-6-18)16(23)21-11-7-17(8-12-21)4-3-14(13-17)15(22)20-9-1-2-10-20/h14H,1-13H2. The van der Waals surface area contributed by atoms with Crippen molar-refractivity contribution in [1.29, 1.82) is 0 Å². The molecule has 2 amide bonds. The fourth-order valence-electron chi connectivity index (χ4n) is 4.86. The SMILES string of the molecule is O=C(C1CCC2(CCN(C(=O)C3(F)CC3)CC2)C1)N1CCCC1. The summed E-state index contributed by atoms with van der Waals surface area (Å²) < 4.78 is 13.9. The van der Waals surface area contributed by atoms with E-state index in [1.165, 1.54) is 0 Å². The number of carbonyl (C=O) groups excluding carboxylic acids is 2. The average Bonchev–Trinajstić information content (AvgIpc) is 2.98. The molecule has 2 saturated carbocycles. The molecule has 4 fully saturated rings. The van der Waals surface area contributed by atoms with Crippen LogP contribution >= 0.6 is 0 Å². The second-order valence-electron chi connectivity index (χ2n) is 8.23. The van der Waals surface area contributed by atoms with Gasteiger partial charge < -0.3 is 9.80 Å². The van der Waals surface area contributed by atoms with Crippen molar-refractivity contribution in [2.45, 2.75) is 63.5 Å². The van der Waals surface area contributed by atoms with E-state index in [1.54, 1.807) is 4.90 Å². The molecule has 0 radical (unpaired) electrons. The zero-order valence-electron chi connectivity index (χ0n) is 13.9. The van der Waals surface area contributed by atoms with E-state index in [2.05, 4.69) is 0 Å². The molecule has 2 aliphatic carbocycles. The van der Waals surface area contributed by atoms with Crippen LogP contribution < -0.4 is 0 Å². The topological polar surface area (TPSA) is 40.6 Å². The Morgan fingerprint density at radius 3 is 2.13 bits per heavy atom. The third-order valence-electron chi connectivity index (χ3n) is 6.65. The molecule has 5 heteroatoms. The molecule has 23 heavy (non-hydrogen) atoms. The molecule has 0 N–H and O–H groups in total. The molecule has 4 aliphatic rings. The Morgan fingerprint density at radius 2 is 1.52 bits per heavy atom. The quantitative estimate of drug-likeness (QED) is 0.784. The number of carbonyl (C=O) groups is 2. The molecule has 0 aromatic carbocycles. The van der Waals surface area contributed by atoms with Crippen LogP contribution in [0.5, 0.6) is 0 Å². The van der Waals surface area contributed by atoms with E-state index in [0.29, 0.717) is 31.8 Å².